The van der Waals surface area contributed by atoms with Crippen LogP contribution in [0, 0.1) is 5.82 Å². The van der Waals surface area contributed by atoms with Crippen molar-refractivity contribution in [2.24, 2.45) is 0 Å². The maximum absolute atomic E-state index is 14.3. The molecule has 5 rings (SSSR count). The van der Waals surface area contributed by atoms with Crippen molar-refractivity contribution in [3.63, 3.8) is 0 Å². The first-order chi connectivity index (χ1) is 20.1. The minimum absolute atomic E-state index is 0.0296. The van der Waals surface area contributed by atoms with Crippen molar-refractivity contribution in [1.29, 1.82) is 0 Å². The van der Waals surface area contributed by atoms with E-state index in [-0.39, 0.29) is 44.6 Å². The number of fused-ring (bicyclic) bond motifs is 1. The molecule has 0 spiro atoms. The van der Waals surface area contributed by atoms with Crippen LogP contribution in [0.25, 0.3) is 11.2 Å². The van der Waals surface area contributed by atoms with Gasteiger partial charge in [-0.25, -0.2) is 22.6 Å². The fourth-order valence-electron chi connectivity index (χ4n) is 4.49. The average Bonchev–Trinajstić information content (AvgIpc) is 3.38. The lowest BCUT2D eigenvalue weighted by Gasteiger charge is -2.11. The number of imidazole rings is 1. The molecule has 0 amide bonds. The van der Waals surface area contributed by atoms with Gasteiger partial charge in [-0.1, -0.05) is 66.9 Å². The van der Waals surface area contributed by atoms with E-state index in [0.29, 0.717) is 24.5 Å². The normalized spacial score (nSPS) is 11.7. The van der Waals surface area contributed by atoms with Crippen LogP contribution in [0.2, 0.25) is 10.0 Å². The molecule has 218 valence electrons. The van der Waals surface area contributed by atoms with E-state index in [1.807, 2.05) is 6.92 Å². The number of H-pyrrole nitrogens is 1. The summed E-state index contributed by atoms with van der Waals surface area (Å²) in [4.78, 5) is 34.3. The molecule has 0 saturated carbocycles. The number of aryl methyl sites for hydroxylation is 1. The predicted molar refractivity (Wildman–Crippen MR) is 162 cm³/mol. The molecule has 0 saturated heterocycles. The van der Waals surface area contributed by atoms with Crippen molar-refractivity contribution in [3.05, 3.63) is 120 Å². The van der Waals surface area contributed by atoms with E-state index in [1.54, 1.807) is 36.4 Å². The number of unbranched alkanes of at least 4 members (excludes halogenated alkanes) is 1. The van der Waals surface area contributed by atoms with Gasteiger partial charge >= 0.3 is 5.69 Å². The molecular weight excluding hydrogens is 604 g/mol. The minimum Gasteiger partial charge on any atom is -0.336 e. The first-order valence-corrected chi connectivity index (χ1v) is 15.3. The molecule has 0 aliphatic heterocycles. The van der Waals surface area contributed by atoms with Gasteiger partial charge in [-0.05, 0) is 48.4 Å². The van der Waals surface area contributed by atoms with Crippen LogP contribution < -0.4 is 16.0 Å². The van der Waals surface area contributed by atoms with Crippen LogP contribution in [0.5, 0.6) is 0 Å². The molecule has 0 radical (unpaired) electrons. The number of hydrogen-bond donors (Lipinski definition) is 2. The quantitative estimate of drug-likeness (QED) is 0.209. The van der Waals surface area contributed by atoms with E-state index in [9.17, 15) is 22.4 Å². The molecule has 42 heavy (non-hydrogen) atoms. The summed E-state index contributed by atoms with van der Waals surface area (Å²) in [6.07, 6.45) is 1.79. The highest BCUT2D eigenvalue weighted by Gasteiger charge is 2.19. The van der Waals surface area contributed by atoms with E-state index in [2.05, 4.69) is 14.7 Å². The van der Waals surface area contributed by atoms with Crippen LogP contribution in [0.1, 0.15) is 36.7 Å². The zero-order valence-corrected chi connectivity index (χ0v) is 24.7. The second kappa shape index (κ2) is 12.1. The van der Waals surface area contributed by atoms with Gasteiger partial charge in [0.15, 0.2) is 5.65 Å². The Morgan fingerprint density at radius 2 is 1.71 bits per heavy atom. The smallest absolute Gasteiger partial charge is 0.333 e. The lowest BCUT2D eigenvalue weighted by Crippen LogP contribution is -2.40. The lowest BCUT2D eigenvalue weighted by atomic mass is 10.1. The number of nitrogens with zero attached hydrogens (tertiary/aromatic N) is 3. The number of benzene rings is 3. The Kier molecular flexibility index (Phi) is 8.53. The van der Waals surface area contributed by atoms with Gasteiger partial charge in [0.05, 0.1) is 21.5 Å². The van der Waals surface area contributed by atoms with Crippen molar-refractivity contribution in [2.45, 2.75) is 44.2 Å². The van der Waals surface area contributed by atoms with E-state index in [0.717, 1.165) is 16.6 Å². The second-order valence-electron chi connectivity index (χ2n) is 9.71. The molecule has 0 bridgehead atoms. The Balaban J connectivity index is 1.43. The third kappa shape index (κ3) is 6.13. The Bertz CT molecular complexity index is 2000. The molecule has 9 nitrogen and oxygen atoms in total. The fourth-order valence-corrected chi connectivity index (χ4v) is 5.94. The van der Waals surface area contributed by atoms with Crippen molar-refractivity contribution < 1.29 is 12.8 Å². The summed E-state index contributed by atoms with van der Waals surface area (Å²) in [7, 11) is -3.90. The van der Waals surface area contributed by atoms with Gasteiger partial charge in [-0.3, -0.25) is 18.7 Å². The van der Waals surface area contributed by atoms with Crippen LogP contribution in [0.3, 0.4) is 0 Å². The maximum Gasteiger partial charge on any atom is 0.333 e. The van der Waals surface area contributed by atoms with Gasteiger partial charge in [0, 0.05) is 24.2 Å². The van der Waals surface area contributed by atoms with Crippen molar-refractivity contribution in [2.75, 3.05) is 4.72 Å². The summed E-state index contributed by atoms with van der Waals surface area (Å²) >= 11 is 11.9. The van der Waals surface area contributed by atoms with E-state index >= 15 is 0 Å². The number of aromatic amines is 1. The second-order valence-corrected chi connectivity index (χ2v) is 12.2. The molecule has 0 atom stereocenters. The Morgan fingerprint density at radius 3 is 2.40 bits per heavy atom. The summed E-state index contributed by atoms with van der Waals surface area (Å²) in [5, 5.41) is 0.372. The van der Waals surface area contributed by atoms with Crippen molar-refractivity contribution >= 4 is 50.1 Å². The number of nitrogens with one attached hydrogen (secondary N) is 2. The molecule has 5 aromatic rings. The van der Waals surface area contributed by atoms with Gasteiger partial charge in [0.1, 0.15) is 17.2 Å². The van der Waals surface area contributed by atoms with E-state index in [4.69, 9.17) is 23.2 Å². The molecule has 0 aliphatic carbocycles. The molecule has 2 aromatic heterocycles. The van der Waals surface area contributed by atoms with Crippen LogP contribution in [-0.2, 0) is 29.5 Å². The zero-order chi connectivity index (χ0) is 30.0. The van der Waals surface area contributed by atoms with Gasteiger partial charge < -0.3 is 4.98 Å². The molecular formula is C29H26Cl2FN5O4S. The molecule has 0 unspecified atom stereocenters. The molecule has 2 N–H and O–H groups in total. The van der Waals surface area contributed by atoms with Gasteiger partial charge in [-0.2, -0.15) is 0 Å². The van der Waals surface area contributed by atoms with Gasteiger partial charge in [0.25, 0.3) is 15.6 Å². The highest BCUT2D eigenvalue weighted by molar-refractivity contribution is 7.92. The summed E-state index contributed by atoms with van der Waals surface area (Å²) in [6, 6.07) is 16.7. The number of rotatable bonds is 10. The number of hydrogen-bond acceptors (Lipinski definition) is 5. The summed E-state index contributed by atoms with van der Waals surface area (Å²) < 4.78 is 44.8. The summed E-state index contributed by atoms with van der Waals surface area (Å²) in [5.41, 5.74) is 0.595. The van der Waals surface area contributed by atoms with Crippen LogP contribution in [0.4, 0.5) is 10.1 Å². The zero-order valence-electron chi connectivity index (χ0n) is 22.4. The Hall–Kier alpha value is -3.93. The van der Waals surface area contributed by atoms with Gasteiger partial charge in [0.2, 0.25) is 0 Å². The fraction of sp³-hybridized carbons (Fsp3) is 0.207. The molecule has 2 heterocycles. The third-order valence-corrected chi connectivity index (χ3v) is 8.83. The highest BCUT2D eigenvalue weighted by Crippen LogP contribution is 2.26. The molecule has 3 aromatic carbocycles. The first kappa shape index (κ1) is 29.6. The highest BCUT2D eigenvalue weighted by atomic mass is 35.5. The Morgan fingerprint density at radius 1 is 0.976 bits per heavy atom. The number of sulfonamides is 1. The van der Waals surface area contributed by atoms with E-state index in [1.165, 1.54) is 34.9 Å². The average molecular weight is 631 g/mol. The SMILES string of the molecule is CCCCn1c(=O)n(Cc2ccccc2F)c(=O)c2[nH]c(Cc3ccc(NS(=O)(=O)c4ccc(Cl)c(Cl)c4)cc3)nc21. The number of halogens is 3. The Labute approximate surface area is 250 Å². The summed E-state index contributed by atoms with van der Waals surface area (Å²) in [6.45, 7) is 2.13. The summed E-state index contributed by atoms with van der Waals surface area (Å²) in [5.74, 6) is -0.0588. The standard InChI is InChI=1S/C29H26Cl2FN5O4S/c1-2-3-14-36-27-26(28(38)37(29(36)39)17-19-6-4-5-7-24(19)32)33-25(34-27)15-18-8-10-20(11-9-18)35-42(40,41)21-12-13-22(30)23(31)16-21/h4-13,16,35H,2-3,14-15,17H2,1H3,(H,33,34). The lowest BCUT2D eigenvalue weighted by molar-refractivity contribution is 0.553. The first-order valence-electron chi connectivity index (χ1n) is 13.1. The van der Waals surface area contributed by atoms with Crippen molar-refractivity contribution in [3.8, 4) is 0 Å². The number of anilines is 1. The maximum atomic E-state index is 14.3. The number of aromatic nitrogens is 4. The van der Waals surface area contributed by atoms with Crippen molar-refractivity contribution in [1.82, 2.24) is 19.1 Å². The van der Waals surface area contributed by atoms with Crippen LogP contribution in [0.15, 0.2) is 81.2 Å². The van der Waals surface area contributed by atoms with Crippen LogP contribution in [-0.4, -0.2) is 27.5 Å². The topological polar surface area (TPSA) is 119 Å². The molecule has 13 heteroatoms. The van der Waals surface area contributed by atoms with E-state index < -0.39 is 27.1 Å². The van der Waals surface area contributed by atoms with Crippen LogP contribution >= 0.6 is 23.2 Å². The van der Waals surface area contributed by atoms with Gasteiger partial charge in [-0.15, -0.1) is 0 Å². The third-order valence-electron chi connectivity index (χ3n) is 6.71. The minimum atomic E-state index is -3.90. The molecule has 0 aliphatic rings. The molecule has 0 fully saturated rings. The largest absolute Gasteiger partial charge is 0.336 e. The predicted octanol–water partition coefficient (Wildman–Crippen LogP) is 5.57. The monoisotopic (exact) mass is 629 g/mol.